The summed E-state index contributed by atoms with van der Waals surface area (Å²) in [6.07, 6.45) is -5.52. The molecule has 1 saturated heterocycles. The fourth-order valence-corrected chi connectivity index (χ4v) is 3.30. The Morgan fingerprint density at radius 3 is 2.27 bits per heavy atom. The Labute approximate surface area is 155 Å². The molecule has 5 N–H and O–H groups in total. The normalized spacial score (nSPS) is 28.9. The average molecular weight is 381 g/mol. The second kappa shape index (κ2) is 7.92. The molecule has 0 amide bonds. The number of phenolic OH excluding ortho intramolecular Hbond substituents is 1. The van der Waals surface area contributed by atoms with Crippen LogP contribution in [0.2, 0.25) is 5.02 Å². The van der Waals surface area contributed by atoms with Crippen LogP contribution in [-0.4, -0.2) is 56.6 Å². The van der Waals surface area contributed by atoms with Gasteiger partial charge in [0.25, 0.3) is 0 Å². The summed E-state index contributed by atoms with van der Waals surface area (Å²) >= 11 is 6.28. The van der Waals surface area contributed by atoms with Crippen molar-refractivity contribution in [3.05, 3.63) is 64.2 Å². The predicted octanol–water partition coefficient (Wildman–Crippen LogP) is 1.15. The van der Waals surface area contributed by atoms with E-state index in [1.165, 1.54) is 0 Å². The van der Waals surface area contributed by atoms with Gasteiger partial charge in [0.2, 0.25) is 0 Å². The zero-order chi connectivity index (χ0) is 18.8. The lowest BCUT2D eigenvalue weighted by Crippen LogP contribution is -2.55. The smallest absolute Gasteiger partial charge is 0.115 e. The van der Waals surface area contributed by atoms with Crippen molar-refractivity contribution in [2.45, 2.75) is 36.9 Å². The molecule has 0 spiro atoms. The molecule has 0 aliphatic carbocycles. The molecular weight excluding hydrogens is 360 g/mol. The topological polar surface area (TPSA) is 110 Å². The molecule has 0 radical (unpaired) electrons. The second-order valence-corrected chi connectivity index (χ2v) is 6.85. The molecule has 1 fully saturated rings. The first-order valence-electron chi connectivity index (χ1n) is 8.27. The highest BCUT2D eigenvalue weighted by atomic mass is 35.5. The lowest BCUT2D eigenvalue weighted by atomic mass is 9.90. The highest BCUT2D eigenvalue weighted by Crippen LogP contribution is 2.34. The molecule has 0 unspecified atom stereocenters. The maximum absolute atomic E-state index is 10.3. The fourth-order valence-electron chi connectivity index (χ4n) is 3.12. The van der Waals surface area contributed by atoms with Gasteiger partial charge >= 0.3 is 0 Å². The Bertz CT molecular complexity index is 748. The summed E-state index contributed by atoms with van der Waals surface area (Å²) in [6, 6.07) is 11.9. The van der Waals surface area contributed by atoms with E-state index >= 15 is 0 Å². The van der Waals surface area contributed by atoms with Crippen molar-refractivity contribution < 1.29 is 30.3 Å². The molecule has 1 aliphatic heterocycles. The number of aliphatic hydroxyl groups excluding tert-OH is 4. The van der Waals surface area contributed by atoms with E-state index in [0.29, 0.717) is 17.0 Å². The predicted molar refractivity (Wildman–Crippen MR) is 95.1 cm³/mol. The maximum atomic E-state index is 10.3. The molecule has 0 saturated carbocycles. The lowest BCUT2D eigenvalue weighted by Gasteiger charge is -2.40. The second-order valence-electron chi connectivity index (χ2n) is 6.44. The van der Waals surface area contributed by atoms with Crippen LogP contribution in [0.15, 0.2) is 42.5 Å². The highest BCUT2D eigenvalue weighted by Gasteiger charge is 2.43. The Hall–Kier alpha value is -1.67. The van der Waals surface area contributed by atoms with E-state index in [1.807, 2.05) is 0 Å². The minimum absolute atomic E-state index is 0.176. The van der Waals surface area contributed by atoms with Gasteiger partial charge in [-0.15, -0.1) is 0 Å². The molecule has 1 heterocycles. The van der Waals surface area contributed by atoms with E-state index in [0.717, 1.165) is 11.1 Å². The molecule has 2 aromatic carbocycles. The van der Waals surface area contributed by atoms with E-state index in [9.17, 15) is 25.5 Å². The number of aliphatic hydroxyl groups is 4. The summed E-state index contributed by atoms with van der Waals surface area (Å²) in [4.78, 5) is 0. The zero-order valence-corrected chi connectivity index (χ0v) is 14.6. The lowest BCUT2D eigenvalue weighted by molar-refractivity contribution is -0.231. The van der Waals surface area contributed by atoms with Crippen molar-refractivity contribution >= 4 is 11.6 Å². The number of phenols is 1. The number of ether oxygens (including phenoxy) is 1. The molecule has 0 bridgehead atoms. The van der Waals surface area contributed by atoms with Crippen LogP contribution < -0.4 is 0 Å². The third-order valence-electron chi connectivity index (χ3n) is 4.62. The van der Waals surface area contributed by atoms with Gasteiger partial charge in [0.15, 0.2) is 0 Å². The molecule has 0 aromatic heterocycles. The van der Waals surface area contributed by atoms with E-state index in [-0.39, 0.29) is 5.75 Å². The van der Waals surface area contributed by atoms with Crippen LogP contribution in [0.3, 0.4) is 0 Å². The molecule has 140 valence electrons. The molecule has 6 nitrogen and oxygen atoms in total. The molecule has 7 heteroatoms. The van der Waals surface area contributed by atoms with E-state index in [1.54, 1.807) is 42.5 Å². The van der Waals surface area contributed by atoms with E-state index in [4.69, 9.17) is 16.3 Å². The van der Waals surface area contributed by atoms with Crippen molar-refractivity contribution in [3.8, 4) is 5.75 Å². The Kier molecular flexibility index (Phi) is 5.82. The maximum Gasteiger partial charge on any atom is 0.115 e. The zero-order valence-electron chi connectivity index (χ0n) is 13.9. The van der Waals surface area contributed by atoms with Crippen molar-refractivity contribution in [3.63, 3.8) is 0 Å². The number of halogens is 1. The van der Waals surface area contributed by atoms with E-state index < -0.39 is 37.1 Å². The minimum atomic E-state index is -1.43. The van der Waals surface area contributed by atoms with E-state index in [2.05, 4.69) is 0 Å². The van der Waals surface area contributed by atoms with Gasteiger partial charge in [-0.05, 0) is 41.3 Å². The third-order valence-corrected chi connectivity index (χ3v) is 4.99. The standard InChI is InChI=1S/C19H21ClO6/c20-14-6-3-11(8-12(14)7-10-1-4-13(22)5-2-10)19-18(25)17(24)16(23)15(9-21)26-19/h1-6,8,15-19,21-25H,7,9H2/t15-,16-,17+,18-,19-/m1/s1. The fraction of sp³-hybridized carbons (Fsp3) is 0.368. The monoisotopic (exact) mass is 380 g/mol. The van der Waals surface area contributed by atoms with Crippen molar-refractivity contribution in [2.24, 2.45) is 0 Å². The van der Waals surface area contributed by atoms with Crippen LogP contribution in [-0.2, 0) is 11.2 Å². The van der Waals surface area contributed by atoms with Gasteiger partial charge in [-0.3, -0.25) is 0 Å². The first-order valence-corrected chi connectivity index (χ1v) is 8.65. The first-order chi connectivity index (χ1) is 12.4. The van der Waals surface area contributed by atoms with Gasteiger partial charge in [-0.1, -0.05) is 35.9 Å². The average Bonchev–Trinajstić information content (AvgIpc) is 2.64. The SMILES string of the molecule is OC[C@H]1O[C@H](c2ccc(Cl)c(Cc3ccc(O)cc3)c2)[C@H](O)[C@@H](O)[C@@H]1O. The first kappa shape index (κ1) is 19.1. The van der Waals surface area contributed by atoms with Gasteiger partial charge in [0.05, 0.1) is 6.61 Å². The Morgan fingerprint density at radius 1 is 0.923 bits per heavy atom. The molecular formula is C19H21ClO6. The highest BCUT2D eigenvalue weighted by molar-refractivity contribution is 6.31. The Balaban J connectivity index is 1.87. The van der Waals surface area contributed by atoms with Gasteiger partial charge < -0.3 is 30.3 Å². The summed E-state index contributed by atoms with van der Waals surface area (Å²) in [5.74, 6) is 0.176. The van der Waals surface area contributed by atoms with Crippen LogP contribution in [0, 0.1) is 0 Å². The quantitative estimate of drug-likeness (QED) is 0.544. The van der Waals surface area contributed by atoms with Crippen molar-refractivity contribution in [1.82, 2.24) is 0 Å². The number of benzene rings is 2. The summed E-state index contributed by atoms with van der Waals surface area (Å²) < 4.78 is 5.59. The summed E-state index contributed by atoms with van der Waals surface area (Å²) in [7, 11) is 0. The number of rotatable bonds is 4. The molecule has 2 aromatic rings. The summed E-state index contributed by atoms with van der Waals surface area (Å²) in [6.45, 7) is -0.477. The van der Waals surface area contributed by atoms with Crippen LogP contribution in [0.1, 0.15) is 22.8 Å². The van der Waals surface area contributed by atoms with Crippen molar-refractivity contribution in [1.29, 1.82) is 0 Å². The minimum Gasteiger partial charge on any atom is -0.508 e. The van der Waals surface area contributed by atoms with Crippen LogP contribution in [0.5, 0.6) is 5.75 Å². The molecule has 26 heavy (non-hydrogen) atoms. The van der Waals surface area contributed by atoms with Gasteiger partial charge in [-0.25, -0.2) is 0 Å². The summed E-state index contributed by atoms with van der Waals surface area (Å²) in [5, 5.41) is 49.4. The van der Waals surface area contributed by atoms with Crippen LogP contribution in [0.4, 0.5) is 0 Å². The largest absolute Gasteiger partial charge is 0.508 e. The third kappa shape index (κ3) is 3.86. The van der Waals surface area contributed by atoms with Gasteiger partial charge in [0, 0.05) is 5.02 Å². The molecule has 1 aliphatic rings. The number of aromatic hydroxyl groups is 1. The van der Waals surface area contributed by atoms with Gasteiger partial charge in [0.1, 0.15) is 36.3 Å². The van der Waals surface area contributed by atoms with Crippen LogP contribution >= 0.6 is 11.6 Å². The van der Waals surface area contributed by atoms with Gasteiger partial charge in [-0.2, -0.15) is 0 Å². The van der Waals surface area contributed by atoms with Crippen molar-refractivity contribution in [2.75, 3.05) is 6.61 Å². The number of hydrogen-bond acceptors (Lipinski definition) is 6. The molecule has 3 rings (SSSR count). The number of hydrogen-bond donors (Lipinski definition) is 5. The van der Waals surface area contributed by atoms with Crippen LogP contribution in [0.25, 0.3) is 0 Å². The Morgan fingerprint density at radius 2 is 1.62 bits per heavy atom. The molecule has 5 atom stereocenters. The summed E-state index contributed by atoms with van der Waals surface area (Å²) in [5.41, 5.74) is 2.31.